The van der Waals surface area contributed by atoms with Crippen molar-refractivity contribution in [2.45, 2.75) is 16.6 Å². The molecular weight excluding hydrogens is 260 g/mol. The normalized spacial score (nSPS) is 20.1. The first kappa shape index (κ1) is 12.3. The second kappa shape index (κ2) is 4.58. The van der Waals surface area contributed by atoms with Crippen molar-refractivity contribution in [1.29, 1.82) is 0 Å². The number of halogens is 1. The topological polar surface area (TPSA) is 63.4 Å². The molecule has 2 amide bonds. The van der Waals surface area contributed by atoms with Gasteiger partial charge < -0.3 is 5.73 Å². The highest BCUT2D eigenvalue weighted by molar-refractivity contribution is 8.00. The SMILES string of the molecule is CN1C(=O)CC(Sc2ccc(N)c(Cl)c2)C1=O. The molecule has 1 aliphatic rings. The molecule has 0 radical (unpaired) electrons. The van der Waals surface area contributed by atoms with Gasteiger partial charge in [-0.1, -0.05) is 11.6 Å². The number of hydrogen-bond donors (Lipinski definition) is 1. The smallest absolute Gasteiger partial charge is 0.242 e. The monoisotopic (exact) mass is 270 g/mol. The van der Waals surface area contributed by atoms with Crippen LogP contribution in [0.5, 0.6) is 0 Å². The van der Waals surface area contributed by atoms with Gasteiger partial charge in [-0.3, -0.25) is 14.5 Å². The Morgan fingerprint density at radius 3 is 2.71 bits per heavy atom. The fraction of sp³-hybridized carbons (Fsp3) is 0.273. The molecule has 1 aliphatic heterocycles. The molecule has 1 unspecified atom stereocenters. The van der Waals surface area contributed by atoms with Crippen LogP contribution in [0, 0.1) is 0 Å². The number of nitrogens with zero attached hydrogens (tertiary/aromatic N) is 1. The van der Waals surface area contributed by atoms with Gasteiger partial charge in [-0.15, -0.1) is 11.8 Å². The zero-order valence-electron chi connectivity index (χ0n) is 9.14. The Labute approximate surface area is 108 Å². The van der Waals surface area contributed by atoms with Crippen LogP contribution in [-0.4, -0.2) is 29.0 Å². The van der Waals surface area contributed by atoms with Crippen LogP contribution in [0.25, 0.3) is 0 Å². The van der Waals surface area contributed by atoms with Crippen molar-refractivity contribution in [2.75, 3.05) is 12.8 Å². The number of amides is 2. The number of nitrogen functional groups attached to an aromatic ring is 1. The van der Waals surface area contributed by atoms with Crippen molar-refractivity contribution in [2.24, 2.45) is 0 Å². The van der Waals surface area contributed by atoms with Gasteiger partial charge in [-0.05, 0) is 18.2 Å². The molecule has 0 saturated carbocycles. The lowest BCUT2D eigenvalue weighted by molar-refractivity contribution is -0.136. The third-order valence-electron chi connectivity index (χ3n) is 2.59. The van der Waals surface area contributed by atoms with Gasteiger partial charge in [0, 0.05) is 18.4 Å². The fourth-order valence-electron chi connectivity index (χ4n) is 1.56. The van der Waals surface area contributed by atoms with Crippen LogP contribution in [0.2, 0.25) is 5.02 Å². The minimum absolute atomic E-state index is 0.144. The molecule has 6 heteroatoms. The molecule has 1 heterocycles. The number of thioether (sulfide) groups is 1. The summed E-state index contributed by atoms with van der Waals surface area (Å²) in [5.41, 5.74) is 6.10. The van der Waals surface area contributed by atoms with Crippen LogP contribution in [0.1, 0.15) is 6.42 Å². The molecule has 4 nitrogen and oxygen atoms in total. The molecule has 1 saturated heterocycles. The van der Waals surface area contributed by atoms with E-state index < -0.39 is 0 Å². The highest BCUT2D eigenvalue weighted by Gasteiger charge is 2.36. The lowest BCUT2D eigenvalue weighted by Gasteiger charge is -2.09. The summed E-state index contributed by atoms with van der Waals surface area (Å²) in [6, 6.07) is 5.19. The highest BCUT2D eigenvalue weighted by Crippen LogP contribution is 2.33. The molecule has 1 aromatic carbocycles. The minimum Gasteiger partial charge on any atom is -0.398 e. The molecule has 0 aliphatic carbocycles. The highest BCUT2D eigenvalue weighted by atomic mass is 35.5. The van der Waals surface area contributed by atoms with Crippen molar-refractivity contribution in [3.05, 3.63) is 23.2 Å². The number of carbonyl (C=O) groups is 2. The zero-order valence-corrected chi connectivity index (χ0v) is 10.7. The Hall–Kier alpha value is -1.20. The molecule has 1 aromatic rings. The van der Waals surface area contributed by atoms with E-state index in [1.807, 2.05) is 0 Å². The van der Waals surface area contributed by atoms with Gasteiger partial charge in [0.2, 0.25) is 11.8 Å². The summed E-state index contributed by atoms with van der Waals surface area (Å²) in [5, 5.41) is 0.104. The van der Waals surface area contributed by atoms with E-state index in [-0.39, 0.29) is 23.5 Å². The summed E-state index contributed by atoms with van der Waals surface area (Å²) in [5.74, 6) is -0.304. The Kier molecular flexibility index (Phi) is 3.31. The Morgan fingerprint density at radius 2 is 2.18 bits per heavy atom. The van der Waals surface area contributed by atoms with Gasteiger partial charge in [-0.2, -0.15) is 0 Å². The summed E-state index contributed by atoms with van der Waals surface area (Å²) in [4.78, 5) is 25.1. The predicted octanol–water partition coefficient (Wildman–Crippen LogP) is 1.77. The number of imide groups is 1. The standard InChI is InChI=1S/C11H11ClN2O2S/c1-14-10(15)5-9(11(14)16)17-6-2-3-8(13)7(12)4-6/h2-4,9H,5,13H2,1H3. The Morgan fingerprint density at radius 1 is 1.47 bits per heavy atom. The van der Waals surface area contributed by atoms with Crippen molar-refractivity contribution >= 4 is 40.9 Å². The summed E-state index contributed by atoms with van der Waals surface area (Å²) >= 11 is 7.23. The lowest BCUT2D eigenvalue weighted by Crippen LogP contribution is -2.26. The molecule has 90 valence electrons. The number of carbonyl (C=O) groups excluding carboxylic acids is 2. The number of nitrogens with two attached hydrogens (primary N) is 1. The molecule has 1 atom stereocenters. The number of anilines is 1. The Bertz CT molecular complexity index is 492. The average molecular weight is 271 g/mol. The third-order valence-corrected chi connectivity index (χ3v) is 4.10. The molecule has 0 aromatic heterocycles. The van der Waals surface area contributed by atoms with Crippen molar-refractivity contribution < 1.29 is 9.59 Å². The average Bonchev–Trinajstić information content (AvgIpc) is 2.52. The van der Waals surface area contributed by atoms with E-state index in [0.29, 0.717) is 10.7 Å². The largest absolute Gasteiger partial charge is 0.398 e. The second-order valence-corrected chi connectivity index (χ2v) is 5.47. The maximum atomic E-state index is 11.7. The Balaban J connectivity index is 2.14. The van der Waals surface area contributed by atoms with Gasteiger partial charge in [0.15, 0.2) is 0 Å². The first-order valence-corrected chi connectivity index (χ1v) is 6.27. The first-order valence-electron chi connectivity index (χ1n) is 5.01. The first-order chi connectivity index (χ1) is 7.99. The maximum Gasteiger partial charge on any atom is 0.242 e. The van der Waals surface area contributed by atoms with Crippen molar-refractivity contribution in [3.63, 3.8) is 0 Å². The summed E-state index contributed by atoms with van der Waals surface area (Å²) in [7, 11) is 1.50. The molecular formula is C11H11ClN2O2S. The van der Waals surface area contributed by atoms with Crippen LogP contribution in [0.15, 0.2) is 23.1 Å². The van der Waals surface area contributed by atoms with E-state index in [4.69, 9.17) is 17.3 Å². The van der Waals surface area contributed by atoms with Gasteiger partial charge in [-0.25, -0.2) is 0 Å². The number of likely N-dealkylation sites (tertiary alicyclic amines) is 1. The van der Waals surface area contributed by atoms with E-state index in [1.54, 1.807) is 18.2 Å². The number of benzene rings is 1. The van der Waals surface area contributed by atoms with Crippen LogP contribution in [-0.2, 0) is 9.59 Å². The van der Waals surface area contributed by atoms with Crippen LogP contribution in [0.4, 0.5) is 5.69 Å². The molecule has 1 fully saturated rings. The molecule has 0 spiro atoms. The second-order valence-electron chi connectivity index (χ2n) is 3.78. The van der Waals surface area contributed by atoms with E-state index in [1.165, 1.54) is 18.8 Å². The molecule has 17 heavy (non-hydrogen) atoms. The van der Waals surface area contributed by atoms with Crippen molar-refractivity contribution in [3.8, 4) is 0 Å². The van der Waals surface area contributed by atoms with Crippen LogP contribution < -0.4 is 5.73 Å². The van der Waals surface area contributed by atoms with Crippen molar-refractivity contribution in [1.82, 2.24) is 4.90 Å². The van der Waals surface area contributed by atoms with Gasteiger partial charge in [0.05, 0.1) is 16.0 Å². The molecule has 2 rings (SSSR count). The number of hydrogen-bond acceptors (Lipinski definition) is 4. The summed E-state index contributed by atoms with van der Waals surface area (Å²) in [6.45, 7) is 0. The third kappa shape index (κ3) is 2.40. The van der Waals surface area contributed by atoms with E-state index in [0.717, 1.165) is 9.80 Å². The molecule has 0 bridgehead atoms. The summed E-state index contributed by atoms with van der Waals surface area (Å²) < 4.78 is 0. The lowest BCUT2D eigenvalue weighted by atomic mass is 10.3. The van der Waals surface area contributed by atoms with E-state index in [9.17, 15) is 9.59 Å². The zero-order chi connectivity index (χ0) is 12.6. The van der Waals surface area contributed by atoms with Gasteiger partial charge in [0.1, 0.15) is 0 Å². The number of rotatable bonds is 2. The van der Waals surface area contributed by atoms with E-state index in [2.05, 4.69) is 0 Å². The van der Waals surface area contributed by atoms with Gasteiger partial charge in [0.25, 0.3) is 0 Å². The van der Waals surface area contributed by atoms with Crippen LogP contribution >= 0.6 is 23.4 Å². The minimum atomic E-state index is -0.354. The predicted molar refractivity (Wildman–Crippen MR) is 67.9 cm³/mol. The van der Waals surface area contributed by atoms with Gasteiger partial charge >= 0.3 is 0 Å². The molecule has 2 N–H and O–H groups in total. The van der Waals surface area contributed by atoms with E-state index >= 15 is 0 Å². The van der Waals surface area contributed by atoms with Crippen LogP contribution in [0.3, 0.4) is 0 Å². The quantitative estimate of drug-likeness (QED) is 0.657. The maximum absolute atomic E-state index is 11.7. The fourth-order valence-corrected chi connectivity index (χ4v) is 2.95. The summed E-state index contributed by atoms with van der Waals surface area (Å²) in [6.07, 6.45) is 0.238.